The highest BCUT2D eigenvalue weighted by molar-refractivity contribution is 5.91. The van der Waals surface area contributed by atoms with Crippen LogP contribution in [0.5, 0.6) is 0 Å². The van der Waals surface area contributed by atoms with E-state index in [1.165, 1.54) is 12.8 Å². The molecular weight excluding hydrogens is 260 g/mol. The van der Waals surface area contributed by atoms with Gasteiger partial charge in [-0.3, -0.25) is 4.79 Å². The SMILES string of the molecule is CCCCN1CCC(Nc2ccccc2)(C(=O)CC)CC1. The van der Waals surface area contributed by atoms with Crippen molar-refractivity contribution in [2.45, 2.75) is 51.5 Å². The van der Waals surface area contributed by atoms with E-state index in [-0.39, 0.29) is 5.54 Å². The van der Waals surface area contributed by atoms with Gasteiger partial charge in [0.2, 0.25) is 0 Å². The summed E-state index contributed by atoms with van der Waals surface area (Å²) < 4.78 is 0. The van der Waals surface area contributed by atoms with Crippen LogP contribution in [0.2, 0.25) is 0 Å². The zero-order valence-corrected chi connectivity index (χ0v) is 13.4. The molecule has 0 bridgehead atoms. The Labute approximate surface area is 128 Å². The average Bonchev–Trinajstić information content (AvgIpc) is 2.54. The van der Waals surface area contributed by atoms with Crippen molar-refractivity contribution in [2.24, 2.45) is 0 Å². The molecule has 0 unspecified atom stereocenters. The minimum Gasteiger partial charge on any atom is -0.373 e. The van der Waals surface area contributed by atoms with Crippen molar-refractivity contribution in [1.29, 1.82) is 0 Å². The van der Waals surface area contributed by atoms with Gasteiger partial charge in [0, 0.05) is 25.2 Å². The average molecular weight is 288 g/mol. The number of nitrogens with zero attached hydrogens (tertiary/aromatic N) is 1. The van der Waals surface area contributed by atoms with E-state index in [9.17, 15) is 4.79 Å². The summed E-state index contributed by atoms with van der Waals surface area (Å²) in [5.41, 5.74) is 0.694. The standard InChI is InChI=1S/C18H28N2O/c1-3-5-13-20-14-11-18(12-15-20,17(21)4-2)19-16-9-7-6-8-10-16/h6-10,19H,3-5,11-15H2,1-2H3. The molecule has 2 rings (SSSR count). The predicted molar refractivity (Wildman–Crippen MR) is 88.7 cm³/mol. The summed E-state index contributed by atoms with van der Waals surface area (Å²) in [4.78, 5) is 15.0. The van der Waals surface area contributed by atoms with Gasteiger partial charge in [0.1, 0.15) is 0 Å². The number of Topliss-reactive ketones (excluding diaryl/α,β-unsaturated/α-hetero) is 1. The van der Waals surface area contributed by atoms with Gasteiger partial charge in [0.05, 0.1) is 5.54 Å². The summed E-state index contributed by atoms with van der Waals surface area (Å²) in [6.07, 6.45) is 4.92. The first kappa shape index (κ1) is 16.0. The van der Waals surface area contributed by atoms with Crippen LogP contribution in [-0.4, -0.2) is 35.9 Å². The summed E-state index contributed by atoms with van der Waals surface area (Å²) in [5, 5.41) is 3.55. The van der Waals surface area contributed by atoms with E-state index < -0.39 is 0 Å². The first-order valence-electron chi connectivity index (χ1n) is 8.29. The number of nitrogens with one attached hydrogen (secondary N) is 1. The van der Waals surface area contributed by atoms with Crippen LogP contribution in [0, 0.1) is 0 Å². The van der Waals surface area contributed by atoms with E-state index in [1.807, 2.05) is 37.3 Å². The summed E-state index contributed by atoms with van der Waals surface area (Å²) in [7, 11) is 0. The lowest BCUT2D eigenvalue weighted by Gasteiger charge is -2.42. The molecular formula is C18H28N2O. The van der Waals surface area contributed by atoms with Crippen LogP contribution in [0.1, 0.15) is 46.0 Å². The summed E-state index contributed by atoms with van der Waals surface area (Å²) in [6.45, 7) is 7.40. The lowest BCUT2D eigenvalue weighted by molar-refractivity contribution is -0.124. The number of carbonyl (C=O) groups excluding carboxylic acids is 1. The van der Waals surface area contributed by atoms with E-state index in [0.29, 0.717) is 12.2 Å². The van der Waals surface area contributed by atoms with Crippen LogP contribution in [0.15, 0.2) is 30.3 Å². The van der Waals surface area contributed by atoms with Crippen molar-refractivity contribution in [1.82, 2.24) is 4.90 Å². The number of rotatable bonds is 7. The molecule has 1 saturated heterocycles. The van der Waals surface area contributed by atoms with Gasteiger partial charge in [-0.1, -0.05) is 38.5 Å². The molecule has 1 aliphatic rings. The Morgan fingerprint density at radius 1 is 1.19 bits per heavy atom. The number of ketones is 1. The van der Waals surface area contributed by atoms with E-state index in [4.69, 9.17) is 0 Å². The predicted octanol–water partition coefficient (Wildman–Crippen LogP) is 3.71. The van der Waals surface area contributed by atoms with Crippen LogP contribution in [0.25, 0.3) is 0 Å². The number of para-hydroxylation sites is 1. The largest absolute Gasteiger partial charge is 0.373 e. The molecule has 0 aromatic heterocycles. The van der Waals surface area contributed by atoms with Crippen molar-refractivity contribution in [3.63, 3.8) is 0 Å². The van der Waals surface area contributed by atoms with Gasteiger partial charge < -0.3 is 10.2 Å². The van der Waals surface area contributed by atoms with Gasteiger partial charge in [-0.25, -0.2) is 0 Å². The Hall–Kier alpha value is -1.35. The second-order valence-corrected chi connectivity index (χ2v) is 6.05. The molecule has 0 atom stereocenters. The minimum absolute atomic E-state index is 0.349. The van der Waals surface area contributed by atoms with Crippen LogP contribution in [-0.2, 0) is 4.79 Å². The molecule has 1 fully saturated rings. The van der Waals surface area contributed by atoms with Crippen LogP contribution >= 0.6 is 0 Å². The van der Waals surface area contributed by atoms with Crippen LogP contribution < -0.4 is 5.32 Å². The van der Waals surface area contributed by atoms with Gasteiger partial charge in [0.25, 0.3) is 0 Å². The maximum atomic E-state index is 12.5. The maximum absolute atomic E-state index is 12.5. The number of anilines is 1. The lowest BCUT2D eigenvalue weighted by Crippen LogP contribution is -2.54. The molecule has 0 amide bonds. The zero-order valence-electron chi connectivity index (χ0n) is 13.4. The molecule has 3 nitrogen and oxygen atoms in total. The van der Waals surface area contributed by atoms with Gasteiger partial charge in [-0.15, -0.1) is 0 Å². The molecule has 1 aromatic rings. The second-order valence-electron chi connectivity index (χ2n) is 6.05. The van der Waals surface area contributed by atoms with E-state index >= 15 is 0 Å². The first-order valence-corrected chi connectivity index (χ1v) is 8.29. The van der Waals surface area contributed by atoms with Crippen molar-refractivity contribution < 1.29 is 4.79 Å². The zero-order chi connectivity index (χ0) is 15.1. The fourth-order valence-corrected chi connectivity index (χ4v) is 3.15. The summed E-state index contributed by atoms with van der Waals surface area (Å²) >= 11 is 0. The molecule has 21 heavy (non-hydrogen) atoms. The highest BCUT2D eigenvalue weighted by Gasteiger charge is 2.39. The van der Waals surface area contributed by atoms with E-state index in [2.05, 4.69) is 17.1 Å². The van der Waals surface area contributed by atoms with Crippen LogP contribution in [0.4, 0.5) is 5.69 Å². The van der Waals surface area contributed by atoms with Crippen molar-refractivity contribution in [3.05, 3.63) is 30.3 Å². The summed E-state index contributed by atoms with van der Waals surface area (Å²) in [5.74, 6) is 0.349. The molecule has 0 spiro atoms. The normalized spacial score (nSPS) is 18.4. The molecule has 1 heterocycles. The smallest absolute Gasteiger partial charge is 0.157 e. The Kier molecular flexibility index (Phi) is 5.80. The van der Waals surface area contributed by atoms with Crippen molar-refractivity contribution >= 4 is 11.5 Å². The molecule has 1 N–H and O–H groups in total. The minimum atomic E-state index is -0.362. The third-order valence-corrected chi connectivity index (χ3v) is 4.55. The molecule has 116 valence electrons. The molecule has 3 heteroatoms. The second kappa shape index (κ2) is 7.60. The first-order chi connectivity index (χ1) is 10.2. The summed E-state index contributed by atoms with van der Waals surface area (Å²) in [6, 6.07) is 10.1. The van der Waals surface area contributed by atoms with Gasteiger partial charge in [-0.05, 0) is 37.9 Å². The fourth-order valence-electron chi connectivity index (χ4n) is 3.15. The Balaban J connectivity index is 2.04. The maximum Gasteiger partial charge on any atom is 0.157 e. The fraction of sp³-hybridized carbons (Fsp3) is 0.611. The number of unbranched alkanes of at least 4 members (excludes halogenated alkanes) is 1. The quantitative estimate of drug-likeness (QED) is 0.830. The van der Waals surface area contributed by atoms with Gasteiger partial charge >= 0.3 is 0 Å². The van der Waals surface area contributed by atoms with E-state index in [0.717, 1.165) is 38.2 Å². The number of benzene rings is 1. The number of likely N-dealkylation sites (tertiary alicyclic amines) is 1. The van der Waals surface area contributed by atoms with Crippen LogP contribution in [0.3, 0.4) is 0 Å². The number of hydrogen-bond donors (Lipinski definition) is 1. The van der Waals surface area contributed by atoms with Gasteiger partial charge in [0.15, 0.2) is 5.78 Å². The number of carbonyl (C=O) groups is 1. The topological polar surface area (TPSA) is 32.3 Å². The number of hydrogen-bond acceptors (Lipinski definition) is 3. The third-order valence-electron chi connectivity index (χ3n) is 4.55. The Morgan fingerprint density at radius 3 is 2.43 bits per heavy atom. The van der Waals surface area contributed by atoms with Crippen molar-refractivity contribution in [2.75, 3.05) is 25.0 Å². The Bertz CT molecular complexity index is 436. The molecule has 1 aliphatic heterocycles. The lowest BCUT2D eigenvalue weighted by atomic mass is 9.82. The van der Waals surface area contributed by atoms with Gasteiger partial charge in [-0.2, -0.15) is 0 Å². The highest BCUT2D eigenvalue weighted by Crippen LogP contribution is 2.29. The van der Waals surface area contributed by atoms with E-state index in [1.54, 1.807) is 0 Å². The molecule has 0 radical (unpaired) electrons. The molecule has 1 aromatic carbocycles. The monoisotopic (exact) mass is 288 g/mol. The number of piperidine rings is 1. The van der Waals surface area contributed by atoms with Crippen molar-refractivity contribution in [3.8, 4) is 0 Å². The Morgan fingerprint density at radius 2 is 1.86 bits per heavy atom. The molecule has 0 aliphatic carbocycles. The molecule has 0 saturated carbocycles. The third kappa shape index (κ3) is 4.07. The highest BCUT2D eigenvalue weighted by atomic mass is 16.1.